The standard InChI is InChI=1S/C14H14N4O/c1-4-10-11(5-2)15-9(3)18-14(10)16-13(17-18)12-7-6-8-19-12/h4-8H,1-3H3/b10-4+,11-5+. The van der Waals surface area contributed by atoms with Crippen molar-refractivity contribution in [3.63, 3.8) is 0 Å². The Kier molecular flexibility index (Phi) is 2.67. The average Bonchev–Trinajstić information content (AvgIpc) is 3.07. The van der Waals surface area contributed by atoms with E-state index in [1.807, 2.05) is 45.1 Å². The Balaban J connectivity index is 2.44. The van der Waals surface area contributed by atoms with E-state index in [1.54, 1.807) is 10.8 Å². The molecule has 0 spiro atoms. The normalized spacial score (nSPS) is 13.6. The van der Waals surface area contributed by atoms with Crippen molar-refractivity contribution in [3.8, 4) is 11.6 Å². The molecule has 0 fully saturated rings. The van der Waals surface area contributed by atoms with Crippen LogP contribution in [0.5, 0.6) is 0 Å². The quantitative estimate of drug-likeness (QED) is 0.656. The summed E-state index contributed by atoms with van der Waals surface area (Å²) in [5.41, 5.74) is 0.800. The summed E-state index contributed by atoms with van der Waals surface area (Å²) in [5.74, 6) is 2.04. The Morgan fingerprint density at radius 2 is 2.05 bits per heavy atom. The second kappa shape index (κ2) is 4.35. The molecule has 0 aliphatic carbocycles. The summed E-state index contributed by atoms with van der Waals surface area (Å²) < 4.78 is 7.09. The molecular weight excluding hydrogens is 240 g/mol. The maximum atomic E-state index is 5.34. The summed E-state index contributed by atoms with van der Waals surface area (Å²) in [4.78, 5) is 9.09. The van der Waals surface area contributed by atoms with Crippen molar-refractivity contribution in [2.24, 2.45) is 0 Å². The second-order valence-corrected chi connectivity index (χ2v) is 4.18. The van der Waals surface area contributed by atoms with Crippen LogP contribution in [0.1, 0.15) is 19.7 Å². The minimum absolute atomic E-state index is 0.575. The first kappa shape index (κ1) is 11.6. The Bertz CT molecular complexity index is 844. The molecule has 0 saturated heterocycles. The number of furan rings is 1. The molecule has 5 heteroatoms. The zero-order valence-electron chi connectivity index (χ0n) is 11.1. The van der Waals surface area contributed by atoms with Crippen LogP contribution in [0.25, 0.3) is 29.4 Å². The molecule has 3 aromatic rings. The van der Waals surface area contributed by atoms with Crippen LogP contribution in [0.15, 0.2) is 22.8 Å². The molecule has 3 aromatic heterocycles. The predicted octanol–water partition coefficient (Wildman–Crippen LogP) is 1.29. The van der Waals surface area contributed by atoms with E-state index in [0.29, 0.717) is 11.6 Å². The third-order valence-corrected chi connectivity index (χ3v) is 3.02. The number of hydrogen-bond donors (Lipinski definition) is 0. The number of aromatic nitrogens is 4. The minimum Gasteiger partial charge on any atom is -0.461 e. The van der Waals surface area contributed by atoms with Crippen LogP contribution in [0.4, 0.5) is 0 Å². The van der Waals surface area contributed by atoms with Crippen LogP contribution < -0.4 is 10.6 Å². The summed E-state index contributed by atoms with van der Waals surface area (Å²) in [5, 5.41) is 6.36. The highest BCUT2D eigenvalue weighted by molar-refractivity contribution is 5.54. The Hall–Kier alpha value is -2.43. The highest BCUT2D eigenvalue weighted by Gasteiger charge is 2.11. The van der Waals surface area contributed by atoms with Crippen molar-refractivity contribution in [3.05, 3.63) is 34.8 Å². The summed E-state index contributed by atoms with van der Waals surface area (Å²) in [6, 6.07) is 3.67. The lowest BCUT2D eigenvalue weighted by molar-refractivity contribution is 0.577. The van der Waals surface area contributed by atoms with Gasteiger partial charge in [-0.15, -0.1) is 5.10 Å². The monoisotopic (exact) mass is 254 g/mol. The lowest BCUT2D eigenvalue weighted by Crippen LogP contribution is -2.32. The van der Waals surface area contributed by atoms with Crippen LogP contribution in [-0.2, 0) is 0 Å². The first-order valence-corrected chi connectivity index (χ1v) is 6.14. The molecular formula is C14H14N4O. The molecule has 96 valence electrons. The Labute approximate surface area is 109 Å². The zero-order valence-corrected chi connectivity index (χ0v) is 11.1. The molecule has 0 radical (unpaired) electrons. The molecule has 3 heterocycles. The fourth-order valence-corrected chi connectivity index (χ4v) is 2.12. The average molecular weight is 254 g/mol. The number of hydrogen-bond acceptors (Lipinski definition) is 4. The molecule has 0 unspecified atom stereocenters. The van der Waals surface area contributed by atoms with Crippen LogP contribution >= 0.6 is 0 Å². The highest BCUT2D eigenvalue weighted by atomic mass is 16.3. The van der Waals surface area contributed by atoms with E-state index in [1.165, 1.54) is 0 Å². The fourth-order valence-electron chi connectivity index (χ4n) is 2.12. The Morgan fingerprint density at radius 1 is 1.21 bits per heavy atom. The molecule has 0 aromatic carbocycles. The third-order valence-electron chi connectivity index (χ3n) is 3.02. The van der Waals surface area contributed by atoms with Crippen molar-refractivity contribution in [1.82, 2.24) is 19.6 Å². The van der Waals surface area contributed by atoms with Gasteiger partial charge in [-0.3, -0.25) is 0 Å². The molecule has 5 nitrogen and oxygen atoms in total. The van der Waals surface area contributed by atoms with Gasteiger partial charge in [0.1, 0.15) is 5.82 Å². The van der Waals surface area contributed by atoms with E-state index >= 15 is 0 Å². The van der Waals surface area contributed by atoms with E-state index in [9.17, 15) is 0 Å². The number of rotatable bonds is 1. The lowest BCUT2D eigenvalue weighted by atomic mass is 10.3. The van der Waals surface area contributed by atoms with Crippen LogP contribution in [0.3, 0.4) is 0 Å². The maximum absolute atomic E-state index is 5.34. The molecule has 0 saturated carbocycles. The van der Waals surface area contributed by atoms with E-state index < -0.39 is 0 Å². The first-order chi connectivity index (χ1) is 9.24. The van der Waals surface area contributed by atoms with Crippen molar-refractivity contribution in [2.45, 2.75) is 20.8 Å². The van der Waals surface area contributed by atoms with Gasteiger partial charge in [-0.25, -0.2) is 9.97 Å². The van der Waals surface area contributed by atoms with Crippen molar-refractivity contribution < 1.29 is 4.42 Å². The fraction of sp³-hybridized carbons (Fsp3) is 0.214. The Morgan fingerprint density at radius 3 is 2.68 bits per heavy atom. The summed E-state index contributed by atoms with van der Waals surface area (Å²) in [6.07, 6.45) is 5.59. The SMILES string of the molecule is C/C=c1/nc(C)n2nc(-c3ccco3)nc2/c1=C/C. The van der Waals surface area contributed by atoms with Crippen LogP contribution in [0, 0.1) is 6.92 Å². The molecule has 19 heavy (non-hydrogen) atoms. The van der Waals surface area contributed by atoms with Crippen molar-refractivity contribution in [2.75, 3.05) is 0 Å². The van der Waals surface area contributed by atoms with Gasteiger partial charge in [0.25, 0.3) is 0 Å². The van der Waals surface area contributed by atoms with Gasteiger partial charge in [0.05, 0.1) is 11.6 Å². The van der Waals surface area contributed by atoms with Crippen molar-refractivity contribution in [1.29, 1.82) is 0 Å². The van der Waals surface area contributed by atoms with Gasteiger partial charge in [0.15, 0.2) is 11.4 Å². The zero-order chi connectivity index (χ0) is 13.4. The molecule has 0 bridgehead atoms. The largest absolute Gasteiger partial charge is 0.461 e. The topological polar surface area (TPSA) is 56.2 Å². The van der Waals surface area contributed by atoms with Gasteiger partial charge in [-0.2, -0.15) is 4.52 Å². The predicted molar refractivity (Wildman–Crippen MR) is 72.7 cm³/mol. The van der Waals surface area contributed by atoms with Crippen molar-refractivity contribution >= 4 is 17.8 Å². The molecule has 0 N–H and O–H groups in total. The minimum atomic E-state index is 0.575. The summed E-state index contributed by atoms with van der Waals surface area (Å²) >= 11 is 0. The molecule has 0 atom stereocenters. The molecule has 0 amide bonds. The van der Waals surface area contributed by atoms with Gasteiger partial charge in [-0.1, -0.05) is 12.2 Å². The smallest absolute Gasteiger partial charge is 0.217 e. The van der Waals surface area contributed by atoms with E-state index in [-0.39, 0.29) is 0 Å². The van der Waals surface area contributed by atoms with E-state index in [0.717, 1.165) is 22.0 Å². The van der Waals surface area contributed by atoms with E-state index in [4.69, 9.17) is 4.42 Å². The summed E-state index contributed by atoms with van der Waals surface area (Å²) in [7, 11) is 0. The van der Waals surface area contributed by atoms with Gasteiger partial charge >= 0.3 is 0 Å². The van der Waals surface area contributed by atoms with Crippen LogP contribution in [0.2, 0.25) is 0 Å². The van der Waals surface area contributed by atoms with Crippen LogP contribution in [-0.4, -0.2) is 19.6 Å². The number of aryl methyl sites for hydroxylation is 1. The van der Waals surface area contributed by atoms with E-state index in [2.05, 4.69) is 15.1 Å². The molecule has 3 rings (SSSR count). The maximum Gasteiger partial charge on any atom is 0.217 e. The highest BCUT2D eigenvalue weighted by Crippen LogP contribution is 2.15. The first-order valence-electron chi connectivity index (χ1n) is 6.14. The van der Waals surface area contributed by atoms with Gasteiger partial charge in [0, 0.05) is 5.22 Å². The van der Waals surface area contributed by atoms with Gasteiger partial charge in [0.2, 0.25) is 5.82 Å². The van der Waals surface area contributed by atoms with Gasteiger partial charge in [-0.05, 0) is 32.9 Å². The van der Waals surface area contributed by atoms with Gasteiger partial charge < -0.3 is 4.42 Å². The molecule has 0 aliphatic heterocycles. The third kappa shape index (κ3) is 1.74. The summed E-state index contributed by atoms with van der Waals surface area (Å²) in [6.45, 7) is 5.86. The molecule has 0 aliphatic rings. The second-order valence-electron chi connectivity index (χ2n) is 4.18. The number of fused-ring (bicyclic) bond motifs is 1. The number of nitrogens with zero attached hydrogens (tertiary/aromatic N) is 4. The lowest BCUT2D eigenvalue weighted by Gasteiger charge is -1.97.